The SMILES string of the molecule is CC(C)(C)OC(=O)NCCOCCOCCOCCS(=O)(=O)c1ccc(N)cc1. The zero-order valence-corrected chi connectivity index (χ0v) is 18.1. The number of benzene rings is 1. The zero-order chi connectivity index (χ0) is 21.8. The van der Waals surface area contributed by atoms with Crippen LogP contribution in [0.3, 0.4) is 0 Å². The van der Waals surface area contributed by atoms with Gasteiger partial charge in [0.05, 0.1) is 50.3 Å². The van der Waals surface area contributed by atoms with Gasteiger partial charge in [0.15, 0.2) is 9.84 Å². The minimum Gasteiger partial charge on any atom is -0.444 e. The molecule has 1 aromatic carbocycles. The largest absolute Gasteiger partial charge is 0.444 e. The van der Waals surface area contributed by atoms with Crippen molar-refractivity contribution < 1.29 is 32.2 Å². The highest BCUT2D eigenvalue weighted by Gasteiger charge is 2.15. The van der Waals surface area contributed by atoms with Gasteiger partial charge in [0, 0.05) is 12.2 Å². The van der Waals surface area contributed by atoms with E-state index in [9.17, 15) is 13.2 Å². The Morgan fingerprint density at radius 1 is 0.931 bits per heavy atom. The van der Waals surface area contributed by atoms with Crippen LogP contribution in [-0.4, -0.2) is 72.1 Å². The molecule has 0 aliphatic carbocycles. The number of anilines is 1. The Balaban J connectivity index is 1.96. The van der Waals surface area contributed by atoms with Gasteiger partial charge in [-0.3, -0.25) is 0 Å². The Morgan fingerprint density at radius 3 is 2.00 bits per heavy atom. The lowest BCUT2D eigenvalue weighted by Crippen LogP contribution is -2.34. The number of hydrogen-bond donors (Lipinski definition) is 2. The van der Waals surface area contributed by atoms with E-state index in [-0.39, 0.29) is 23.9 Å². The maximum absolute atomic E-state index is 12.1. The molecule has 166 valence electrons. The summed E-state index contributed by atoms with van der Waals surface area (Å²) in [5.41, 5.74) is 5.54. The van der Waals surface area contributed by atoms with Crippen LogP contribution in [0, 0.1) is 0 Å². The lowest BCUT2D eigenvalue weighted by Gasteiger charge is -2.19. The number of carbonyl (C=O) groups is 1. The van der Waals surface area contributed by atoms with Crippen molar-refractivity contribution in [3.05, 3.63) is 24.3 Å². The number of nitrogens with one attached hydrogen (secondary N) is 1. The zero-order valence-electron chi connectivity index (χ0n) is 17.3. The van der Waals surface area contributed by atoms with Crippen molar-refractivity contribution in [2.24, 2.45) is 0 Å². The maximum Gasteiger partial charge on any atom is 0.407 e. The molecular formula is C19H32N2O7S. The molecule has 0 saturated heterocycles. The normalized spacial score (nSPS) is 12.0. The van der Waals surface area contributed by atoms with Crippen LogP contribution in [-0.2, 0) is 28.8 Å². The van der Waals surface area contributed by atoms with Crippen LogP contribution in [0.5, 0.6) is 0 Å². The summed E-state index contributed by atoms with van der Waals surface area (Å²) in [6.07, 6.45) is -0.479. The summed E-state index contributed by atoms with van der Waals surface area (Å²) in [6, 6.07) is 6.07. The molecule has 0 bridgehead atoms. The average molecular weight is 433 g/mol. The fourth-order valence-corrected chi connectivity index (χ4v) is 3.17. The molecule has 0 aliphatic rings. The van der Waals surface area contributed by atoms with Crippen molar-refractivity contribution in [3.63, 3.8) is 0 Å². The molecular weight excluding hydrogens is 400 g/mol. The number of hydrogen-bond acceptors (Lipinski definition) is 8. The Bertz CT molecular complexity index is 700. The van der Waals surface area contributed by atoms with Gasteiger partial charge in [-0.25, -0.2) is 13.2 Å². The van der Waals surface area contributed by atoms with E-state index < -0.39 is 21.5 Å². The predicted octanol–water partition coefficient (Wildman–Crippen LogP) is 1.62. The molecule has 1 rings (SSSR count). The number of ether oxygens (including phenoxy) is 4. The molecule has 1 aromatic rings. The summed E-state index contributed by atoms with van der Waals surface area (Å²) < 4.78 is 45.3. The molecule has 0 heterocycles. The number of alkyl carbamates (subject to hydrolysis) is 1. The monoisotopic (exact) mass is 432 g/mol. The minimum atomic E-state index is -3.38. The molecule has 9 nitrogen and oxygen atoms in total. The lowest BCUT2D eigenvalue weighted by molar-refractivity contribution is 0.0165. The van der Waals surface area contributed by atoms with Crippen molar-refractivity contribution in [1.82, 2.24) is 5.32 Å². The molecule has 0 atom stereocenters. The van der Waals surface area contributed by atoms with Gasteiger partial charge in [-0.15, -0.1) is 0 Å². The summed E-state index contributed by atoms with van der Waals surface area (Å²) in [6.45, 7) is 7.54. The van der Waals surface area contributed by atoms with Gasteiger partial charge in [-0.2, -0.15) is 0 Å². The van der Waals surface area contributed by atoms with Crippen LogP contribution in [0.4, 0.5) is 10.5 Å². The second kappa shape index (κ2) is 12.6. The smallest absolute Gasteiger partial charge is 0.407 e. The quantitative estimate of drug-likeness (QED) is 0.356. The van der Waals surface area contributed by atoms with Crippen molar-refractivity contribution in [1.29, 1.82) is 0 Å². The molecule has 10 heteroatoms. The summed E-state index contributed by atoms with van der Waals surface area (Å²) >= 11 is 0. The van der Waals surface area contributed by atoms with Gasteiger partial charge in [0.25, 0.3) is 0 Å². The number of amides is 1. The molecule has 0 radical (unpaired) electrons. The Hall–Kier alpha value is -1.88. The molecule has 0 aliphatic heterocycles. The van der Waals surface area contributed by atoms with Crippen LogP contribution < -0.4 is 11.1 Å². The van der Waals surface area contributed by atoms with E-state index in [4.69, 9.17) is 24.7 Å². The molecule has 0 saturated carbocycles. The molecule has 0 spiro atoms. The van der Waals surface area contributed by atoms with Crippen LogP contribution in [0.2, 0.25) is 0 Å². The minimum absolute atomic E-state index is 0.0862. The summed E-state index contributed by atoms with van der Waals surface area (Å²) in [5, 5.41) is 2.59. The van der Waals surface area contributed by atoms with Gasteiger partial charge in [-0.05, 0) is 45.0 Å². The molecule has 1 amide bonds. The third-order valence-corrected chi connectivity index (χ3v) is 5.09. The van der Waals surface area contributed by atoms with Crippen LogP contribution in [0.25, 0.3) is 0 Å². The van der Waals surface area contributed by atoms with Crippen molar-refractivity contribution in [3.8, 4) is 0 Å². The van der Waals surface area contributed by atoms with Crippen LogP contribution in [0.15, 0.2) is 29.2 Å². The Kier molecular flexibility index (Phi) is 11.0. The number of carbonyl (C=O) groups excluding carboxylic acids is 1. The topological polar surface area (TPSA) is 126 Å². The molecule has 0 aromatic heterocycles. The van der Waals surface area contributed by atoms with Gasteiger partial charge in [0.1, 0.15) is 5.60 Å². The van der Waals surface area contributed by atoms with E-state index >= 15 is 0 Å². The van der Waals surface area contributed by atoms with Crippen LogP contribution in [0.1, 0.15) is 20.8 Å². The van der Waals surface area contributed by atoms with Gasteiger partial charge in [0.2, 0.25) is 0 Å². The first-order valence-corrected chi connectivity index (χ1v) is 11.0. The van der Waals surface area contributed by atoms with E-state index in [0.717, 1.165) is 0 Å². The maximum atomic E-state index is 12.1. The highest BCUT2D eigenvalue weighted by Crippen LogP contribution is 2.13. The average Bonchev–Trinajstić information content (AvgIpc) is 2.61. The number of nitrogens with two attached hydrogens (primary N) is 1. The second-order valence-corrected chi connectivity index (χ2v) is 9.26. The molecule has 29 heavy (non-hydrogen) atoms. The predicted molar refractivity (Wildman–Crippen MR) is 110 cm³/mol. The van der Waals surface area contributed by atoms with Crippen molar-refractivity contribution in [2.45, 2.75) is 31.3 Å². The Labute approximate surface area is 172 Å². The molecule has 0 fully saturated rings. The van der Waals surface area contributed by atoms with E-state index in [1.165, 1.54) is 12.1 Å². The third-order valence-electron chi connectivity index (χ3n) is 3.39. The summed E-state index contributed by atoms with van der Waals surface area (Å²) in [4.78, 5) is 11.6. The first kappa shape index (κ1) is 25.2. The number of sulfone groups is 1. The Morgan fingerprint density at radius 2 is 1.45 bits per heavy atom. The highest BCUT2D eigenvalue weighted by molar-refractivity contribution is 7.91. The number of nitrogen functional groups attached to an aromatic ring is 1. The van der Waals surface area contributed by atoms with Crippen LogP contribution >= 0.6 is 0 Å². The van der Waals surface area contributed by atoms with E-state index in [1.54, 1.807) is 32.9 Å². The first-order chi connectivity index (χ1) is 13.6. The van der Waals surface area contributed by atoms with Crippen molar-refractivity contribution >= 4 is 21.6 Å². The fourth-order valence-electron chi connectivity index (χ4n) is 2.04. The van der Waals surface area contributed by atoms with E-state index in [0.29, 0.717) is 38.7 Å². The number of rotatable bonds is 13. The fraction of sp³-hybridized carbons (Fsp3) is 0.632. The molecule has 3 N–H and O–H groups in total. The second-order valence-electron chi connectivity index (χ2n) is 7.15. The summed E-state index contributed by atoms with van der Waals surface area (Å²) in [5.74, 6) is -0.106. The van der Waals surface area contributed by atoms with E-state index in [2.05, 4.69) is 5.32 Å². The molecule has 0 unspecified atom stereocenters. The van der Waals surface area contributed by atoms with E-state index in [1.807, 2.05) is 0 Å². The van der Waals surface area contributed by atoms with Gasteiger partial charge < -0.3 is 30.0 Å². The third kappa shape index (κ3) is 12.3. The standard InChI is InChI=1S/C19H32N2O7S/c1-19(2,3)28-18(22)21-8-9-25-10-11-26-12-13-27-14-15-29(23,24)17-6-4-16(20)5-7-17/h4-7H,8-15,20H2,1-3H3,(H,21,22). The van der Waals surface area contributed by atoms with Gasteiger partial charge >= 0.3 is 6.09 Å². The van der Waals surface area contributed by atoms with Gasteiger partial charge in [-0.1, -0.05) is 0 Å². The van der Waals surface area contributed by atoms with Crippen molar-refractivity contribution in [2.75, 3.05) is 57.7 Å². The lowest BCUT2D eigenvalue weighted by atomic mass is 10.2. The summed E-state index contributed by atoms with van der Waals surface area (Å²) in [7, 11) is -3.38. The highest BCUT2D eigenvalue weighted by atomic mass is 32.2. The first-order valence-electron chi connectivity index (χ1n) is 9.38.